The van der Waals surface area contributed by atoms with E-state index in [-0.39, 0.29) is 12.2 Å². The number of aliphatic hydroxyl groups is 1. The summed E-state index contributed by atoms with van der Waals surface area (Å²) in [5.41, 5.74) is 0.221. The van der Waals surface area contributed by atoms with E-state index >= 15 is 0 Å². The van der Waals surface area contributed by atoms with Crippen molar-refractivity contribution in [3.63, 3.8) is 0 Å². The average Bonchev–Trinajstić information content (AvgIpc) is 2.20. The van der Waals surface area contributed by atoms with E-state index in [0.29, 0.717) is 5.69 Å². The number of rotatable bonds is 3. The molecule has 0 fully saturated rings. The van der Waals surface area contributed by atoms with Crippen molar-refractivity contribution in [3.8, 4) is 6.07 Å². The minimum absolute atomic E-state index is 0.0742. The van der Waals surface area contributed by atoms with Gasteiger partial charge in [-0.25, -0.2) is 4.39 Å². The lowest BCUT2D eigenvalue weighted by Crippen LogP contribution is -2.35. The van der Waals surface area contributed by atoms with Crippen molar-refractivity contribution in [1.29, 1.82) is 5.26 Å². The highest BCUT2D eigenvalue weighted by Crippen LogP contribution is 2.20. The summed E-state index contributed by atoms with van der Waals surface area (Å²) in [6.45, 7) is 3.50. The van der Waals surface area contributed by atoms with Crippen LogP contribution in [0.25, 0.3) is 0 Å². The van der Waals surface area contributed by atoms with E-state index in [4.69, 9.17) is 10.4 Å². The molecule has 0 heterocycles. The lowest BCUT2D eigenvalue weighted by atomic mass is 10.1. The number of hydrogen-bond acceptors (Lipinski definition) is 3. The Labute approximate surface area is 88.2 Å². The van der Waals surface area contributed by atoms with Gasteiger partial charge in [-0.15, -0.1) is 0 Å². The number of nitrogens with one attached hydrogen (secondary N) is 1. The quantitative estimate of drug-likeness (QED) is 0.797. The summed E-state index contributed by atoms with van der Waals surface area (Å²) >= 11 is 0. The molecule has 0 unspecified atom stereocenters. The van der Waals surface area contributed by atoms with Crippen LogP contribution in [0.1, 0.15) is 19.4 Å². The fourth-order valence-corrected chi connectivity index (χ4v) is 1.12. The van der Waals surface area contributed by atoms with Gasteiger partial charge < -0.3 is 10.4 Å². The predicted octanol–water partition coefficient (Wildman–Crippen LogP) is 1.88. The highest BCUT2D eigenvalue weighted by atomic mass is 19.1. The van der Waals surface area contributed by atoms with Gasteiger partial charge in [0.25, 0.3) is 0 Å². The van der Waals surface area contributed by atoms with Gasteiger partial charge in [0, 0.05) is 0 Å². The van der Waals surface area contributed by atoms with Crippen LogP contribution in [0.15, 0.2) is 18.2 Å². The summed E-state index contributed by atoms with van der Waals surface area (Å²) in [7, 11) is 0. The third kappa shape index (κ3) is 2.93. The first-order valence-electron chi connectivity index (χ1n) is 4.57. The van der Waals surface area contributed by atoms with Crippen LogP contribution in [0.4, 0.5) is 10.1 Å². The first kappa shape index (κ1) is 11.5. The SMILES string of the molecule is CC(C)(CO)Nc1ccc(F)cc1C#N. The first-order valence-corrected chi connectivity index (χ1v) is 4.57. The fourth-order valence-electron chi connectivity index (χ4n) is 1.12. The molecule has 3 nitrogen and oxygen atoms in total. The summed E-state index contributed by atoms with van der Waals surface area (Å²) in [5, 5.41) is 20.8. The molecule has 0 bridgehead atoms. The molecule has 1 aromatic rings. The van der Waals surface area contributed by atoms with E-state index in [9.17, 15) is 4.39 Å². The van der Waals surface area contributed by atoms with Gasteiger partial charge in [0.05, 0.1) is 23.4 Å². The van der Waals surface area contributed by atoms with Gasteiger partial charge in [0.1, 0.15) is 11.9 Å². The molecule has 1 aromatic carbocycles. The number of anilines is 1. The molecule has 0 saturated heterocycles. The van der Waals surface area contributed by atoms with Crippen molar-refractivity contribution in [1.82, 2.24) is 0 Å². The molecule has 0 saturated carbocycles. The predicted molar refractivity (Wildman–Crippen MR) is 55.9 cm³/mol. The summed E-state index contributed by atoms with van der Waals surface area (Å²) in [5.74, 6) is -0.445. The highest BCUT2D eigenvalue weighted by Gasteiger charge is 2.17. The van der Waals surface area contributed by atoms with Crippen molar-refractivity contribution >= 4 is 5.69 Å². The molecule has 0 atom stereocenters. The second-order valence-electron chi connectivity index (χ2n) is 3.97. The lowest BCUT2D eigenvalue weighted by Gasteiger charge is -2.25. The molecule has 4 heteroatoms. The summed E-state index contributed by atoms with van der Waals surface area (Å²) in [6.07, 6.45) is 0. The maximum Gasteiger partial charge on any atom is 0.124 e. The Morgan fingerprint density at radius 1 is 1.53 bits per heavy atom. The molecule has 0 aliphatic rings. The van der Waals surface area contributed by atoms with Crippen LogP contribution < -0.4 is 5.32 Å². The van der Waals surface area contributed by atoms with Gasteiger partial charge in [0.15, 0.2) is 0 Å². The molecule has 1 rings (SSSR count). The van der Waals surface area contributed by atoms with Crippen LogP contribution in [0.2, 0.25) is 0 Å². The molecule has 2 N–H and O–H groups in total. The molecule has 0 radical (unpaired) electrons. The third-order valence-electron chi connectivity index (χ3n) is 1.97. The summed E-state index contributed by atoms with van der Waals surface area (Å²) < 4.78 is 12.8. The average molecular weight is 208 g/mol. The van der Waals surface area contributed by atoms with Gasteiger partial charge >= 0.3 is 0 Å². The van der Waals surface area contributed by atoms with Crippen LogP contribution >= 0.6 is 0 Å². The van der Waals surface area contributed by atoms with E-state index in [1.807, 2.05) is 6.07 Å². The Balaban J connectivity index is 3.01. The molecular formula is C11H13FN2O. The molecule has 15 heavy (non-hydrogen) atoms. The minimum atomic E-state index is -0.538. The maximum atomic E-state index is 12.8. The Morgan fingerprint density at radius 3 is 2.73 bits per heavy atom. The Kier molecular flexibility index (Phi) is 3.28. The number of nitriles is 1. The standard InChI is InChI=1S/C11H13FN2O/c1-11(2,7-15)14-10-4-3-9(12)5-8(10)6-13/h3-5,14-15H,7H2,1-2H3. The highest BCUT2D eigenvalue weighted by molar-refractivity contribution is 5.58. The second-order valence-corrected chi connectivity index (χ2v) is 3.97. The van der Waals surface area contributed by atoms with E-state index in [1.165, 1.54) is 12.1 Å². The molecule has 0 aromatic heterocycles. The van der Waals surface area contributed by atoms with Gasteiger partial charge in [-0.1, -0.05) is 0 Å². The Hall–Kier alpha value is -1.60. The van der Waals surface area contributed by atoms with Crippen LogP contribution in [-0.2, 0) is 0 Å². The van der Waals surface area contributed by atoms with E-state index in [2.05, 4.69) is 5.32 Å². The fraction of sp³-hybridized carbons (Fsp3) is 0.364. The first-order chi connectivity index (χ1) is 6.98. The summed E-state index contributed by atoms with van der Waals surface area (Å²) in [4.78, 5) is 0. The zero-order valence-electron chi connectivity index (χ0n) is 8.71. The van der Waals surface area contributed by atoms with E-state index in [0.717, 1.165) is 6.07 Å². The number of hydrogen-bond donors (Lipinski definition) is 2. The van der Waals surface area contributed by atoms with Gasteiger partial charge in [0.2, 0.25) is 0 Å². The lowest BCUT2D eigenvalue weighted by molar-refractivity contribution is 0.234. The topological polar surface area (TPSA) is 56.0 Å². The minimum Gasteiger partial charge on any atom is -0.394 e. The Bertz CT molecular complexity index is 396. The molecule has 0 spiro atoms. The molecule has 0 aliphatic carbocycles. The second kappa shape index (κ2) is 4.28. The molecule has 0 aliphatic heterocycles. The molecule has 0 amide bonds. The normalized spacial score (nSPS) is 10.9. The van der Waals surface area contributed by atoms with Crippen LogP contribution in [0.5, 0.6) is 0 Å². The van der Waals surface area contributed by atoms with E-state index in [1.54, 1.807) is 13.8 Å². The Morgan fingerprint density at radius 2 is 2.20 bits per heavy atom. The molecule has 80 valence electrons. The van der Waals surface area contributed by atoms with Crippen LogP contribution in [0.3, 0.4) is 0 Å². The van der Waals surface area contributed by atoms with Crippen molar-refractivity contribution < 1.29 is 9.50 Å². The smallest absolute Gasteiger partial charge is 0.124 e. The van der Waals surface area contributed by atoms with Crippen molar-refractivity contribution in [3.05, 3.63) is 29.6 Å². The number of nitrogens with zero attached hydrogens (tertiary/aromatic N) is 1. The molecular weight excluding hydrogens is 195 g/mol. The summed E-state index contributed by atoms with van der Waals surface area (Å²) in [6, 6.07) is 5.83. The van der Waals surface area contributed by atoms with Gasteiger partial charge in [-0.3, -0.25) is 0 Å². The van der Waals surface area contributed by atoms with Gasteiger partial charge in [-0.2, -0.15) is 5.26 Å². The van der Waals surface area contributed by atoms with Crippen LogP contribution in [0, 0.1) is 17.1 Å². The number of benzene rings is 1. The van der Waals surface area contributed by atoms with Crippen molar-refractivity contribution in [2.24, 2.45) is 0 Å². The van der Waals surface area contributed by atoms with E-state index < -0.39 is 11.4 Å². The van der Waals surface area contributed by atoms with Crippen LogP contribution in [-0.4, -0.2) is 17.3 Å². The number of aliphatic hydroxyl groups excluding tert-OH is 1. The largest absolute Gasteiger partial charge is 0.394 e. The monoisotopic (exact) mass is 208 g/mol. The third-order valence-corrected chi connectivity index (χ3v) is 1.97. The van der Waals surface area contributed by atoms with Crippen molar-refractivity contribution in [2.45, 2.75) is 19.4 Å². The maximum absolute atomic E-state index is 12.8. The zero-order chi connectivity index (χ0) is 11.5. The number of halogens is 1. The van der Waals surface area contributed by atoms with Crippen molar-refractivity contribution in [2.75, 3.05) is 11.9 Å². The van der Waals surface area contributed by atoms with Gasteiger partial charge in [-0.05, 0) is 32.0 Å². The zero-order valence-corrected chi connectivity index (χ0v) is 8.71.